The molecule has 2 bridgehead atoms. The molecule has 238 valence electrons. The third kappa shape index (κ3) is 4.75. The molecular formula is C36H38F2N6O2. The molecule has 2 aromatic heterocycles. The number of alkyl halides is 1. The highest BCUT2D eigenvalue weighted by atomic mass is 19.1. The van der Waals surface area contributed by atoms with Crippen molar-refractivity contribution in [1.82, 2.24) is 25.2 Å². The maximum atomic E-state index is 15.0. The molecule has 0 saturated carbocycles. The first-order chi connectivity index (χ1) is 22.2. The zero-order chi connectivity index (χ0) is 31.7. The lowest BCUT2D eigenvalue weighted by atomic mass is 9.88. The van der Waals surface area contributed by atoms with Crippen molar-refractivity contribution in [3.05, 3.63) is 47.4 Å². The molecule has 8 rings (SSSR count). The standard InChI is InChI=1S/C36H38F2N6O2/c1-4-26-29(38)9-6-21-12-25(45)13-27(31(21)26)28-15-39-33-32(30(28)20(2)3)41-35(42-34(33)43-17-23-7-8-24(18-43)40-23)46-19-36-10-5-11-44(36)16-22(37)14-36/h1,6,9,12-13,15,20,22-24,40,45H,5,7-8,10-11,14,16-19H2,2-3H3/t22-,23?,24?,36?/m1/s1. The Bertz CT molecular complexity index is 1900. The quantitative estimate of drug-likeness (QED) is 0.265. The molecule has 4 saturated heterocycles. The van der Waals surface area contributed by atoms with Crippen LogP contribution in [0.15, 0.2) is 30.5 Å². The molecule has 46 heavy (non-hydrogen) atoms. The van der Waals surface area contributed by atoms with Gasteiger partial charge < -0.3 is 20.1 Å². The Morgan fingerprint density at radius 3 is 2.70 bits per heavy atom. The molecule has 0 spiro atoms. The first kappa shape index (κ1) is 29.3. The van der Waals surface area contributed by atoms with Gasteiger partial charge in [0.2, 0.25) is 0 Å². The molecule has 10 heteroatoms. The first-order valence-electron chi connectivity index (χ1n) is 16.4. The Labute approximate surface area is 267 Å². The van der Waals surface area contributed by atoms with Crippen LogP contribution in [-0.2, 0) is 0 Å². The lowest BCUT2D eigenvalue weighted by molar-refractivity contribution is 0.107. The molecule has 0 aliphatic carbocycles. The zero-order valence-corrected chi connectivity index (χ0v) is 26.2. The third-order valence-corrected chi connectivity index (χ3v) is 10.5. The van der Waals surface area contributed by atoms with Crippen molar-refractivity contribution in [1.29, 1.82) is 0 Å². The zero-order valence-electron chi connectivity index (χ0n) is 26.2. The number of piperazine rings is 1. The highest BCUT2D eigenvalue weighted by Gasteiger charge is 2.49. The van der Waals surface area contributed by atoms with Gasteiger partial charge in [0, 0.05) is 55.3 Å². The molecule has 4 aliphatic rings. The fraction of sp³-hybridized carbons (Fsp3) is 0.472. The number of nitrogens with one attached hydrogen (secondary N) is 1. The minimum atomic E-state index is -0.859. The summed E-state index contributed by atoms with van der Waals surface area (Å²) >= 11 is 0. The molecule has 8 nitrogen and oxygen atoms in total. The highest BCUT2D eigenvalue weighted by Crippen LogP contribution is 2.44. The summed E-state index contributed by atoms with van der Waals surface area (Å²) in [6.45, 7) is 7.39. The summed E-state index contributed by atoms with van der Waals surface area (Å²) in [5.41, 5.74) is 3.27. The number of nitrogens with zero attached hydrogens (tertiary/aromatic N) is 5. The van der Waals surface area contributed by atoms with Gasteiger partial charge in [-0.25, -0.2) is 8.78 Å². The summed E-state index contributed by atoms with van der Waals surface area (Å²) in [7, 11) is 0. The summed E-state index contributed by atoms with van der Waals surface area (Å²) in [6.07, 6.45) is 11.3. The third-order valence-electron chi connectivity index (χ3n) is 10.5. The van der Waals surface area contributed by atoms with Gasteiger partial charge in [-0.1, -0.05) is 25.8 Å². The van der Waals surface area contributed by atoms with Gasteiger partial charge >= 0.3 is 6.01 Å². The molecular weight excluding hydrogens is 586 g/mol. The number of aromatic nitrogens is 3. The van der Waals surface area contributed by atoms with Crippen molar-refractivity contribution in [3.8, 4) is 35.2 Å². The molecule has 2 N–H and O–H groups in total. The Morgan fingerprint density at radius 1 is 1.13 bits per heavy atom. The van der Waals surface area contributed by atoms with Gasteiger partial charge in [0.1, 0.15) is 35.4 Å². The van der Waals surface area contributed by atoms with Crippen molar-refractivity contribution in [3.63, 3.8) is 0 Å². The summed E-state index contributed by atoms with van der Waals surface area (Å²) in [4.78, 5) is 19.5. The average molecular weight is 625 g/mol. The number of hydrogen-bond donors (Lipinski definition) is 2. The maximum absolute atomic E-state index is 15.0. The highest BCUT2D eigenvalue weighted by molar-refractivity contribution is 6.04. The summed E-state index contributed by atoms with van der Waals surface area (Å²) < 4.78 is 36.1. The molecule has 6 heterocycles. The minimum absolute atomic E-state index is 0.0402. The van der Waals surface area contributed by atoms with Crippen LogP contribution in [0.2, 0.25) is 0 Å². The van der Waals surface area contributed by atoms with Gasteiger partial charge in [-0.05, 0) is 72.9 Å². The predicted octanol–water partition coefficient (Wildman–Crippen LogP) is 5.69. The fourth-order valence-corrected chi connectivity index (χ4v) is 8.54. The summed E-state index contributed by atoms with van der Waals surface area (Å²) in [6, 6.07) is 7.15. The molecule has 0 radical (unpaired) electrons. The molecule has 4 atom stereocenters. The number of benzene rings is 2. The normalized spacial score (nSPS) is 25.9. The van der Waals surface area contributed by atoms with Crippen LogP contribution in [0, 0.1) is 18.2 Å². The molecule has 0 amide bonds. The lowest BCUT2D eigenvalue weighted by Gasteiger charge is -2.34. The second-order valence-electron chi connectivity index (χ2n) is 13.8. The van der Waals surface area contributed by atoms with E-state index in [2.05, 4.69) is 34.9 Å². The van der Waals surface area contributed by atoms with E-state index in [-0.39, 0.29) is 28.8 Å². The maximum Gasteiger partial charge on any atom is 0.319 e. The second kappa shape index (κ2) is 11.0. The molecule has 4 aromatic rings. The van der Waals surface area contributed by atoms with Crippen LogP contribution in [0.4, 0.5) is 14.6 Å². The second-order valence-corrected chi connectivity index (χ2v) is 13.8. The van der Waals surface area contributed by atoms with Crippen LogP contribution in [0.5, 0.6) is 11.8 Å². The molecule has 4 aliphatic heterocycles. The number of phenols is 1. The Balaban J connectivity index is 1.32. The number of hydrogen-bond acceptors (Lipinski definition) is 8. The van der Waals surface area contributed by atoms with E-state index in [9.17, 15) is 9.50 Å². The Morgan fingerprint density at radius 2 is 1.93 bits per heavy atom. The number of phenolic OH excluding ortho intramolecular Hbond substituents is 1. The van der Waals surface area contributed by atoms with Crippen molar-refractivity contribution in [2.75, 3.05) is 37.7 Å². The van der Waals surface area contributed by atoms with E-state index >= 15 is 4.39 Å². The van der Waals surface area contributed by atoms with Crippen LogP contribution in [-0.4, -0.2) is 81.5 Å². The van der Waals surface area contributed by atoms with E-state index in [1.165, 1.54) is 6.07 Å². The van der Waals surface area contributed by atoms with Crippen molar-refractivity contribution < 1.29 is 18.6 Å². The number of rotatable bonds is 6. The first-order valence-corrected chi connectivity index (χ1v) is 16.4. The monoisotopic (exact) mass is 624 g/mol. The minimum Gasteiger partial charge on any atom is -0.508 e. The average Bonchev–Trinajstić information content (AvgIpc) is 3.68. The Hall–Kier alpha value is -4.07. The van der Waals surface area contributed by atoms with E-state index in [0.717, 1.165) is 56.7 Å². The molecule has 4 fully saturated rings. The van der Waals surface area contributed by atoms with Gasteiger partial charge in [0.15, 0.2) is 5.82 Å². The van der Waals surface area contributed by atoms with Gasteiger partial charge in [0.05, 0.1) is 11.1 Å². The van der Waals surface area contributed by atoms with E-state index < -0.39 is 12.0 Å². The van der Waals surface area contributed by atoms with E-state index in [4.69, 9.17) is 26.1 Å². The number of fused-ring (bicyclic) bond motifs is 5. The fourth-order valence-electron chi connectivity index (χ4n) is 8.54. The van der Waals surface area contributed by atoms with E-state index in [0.29, 0.717) is 64.6 Å². The number of aromatic hydroxyl groups is 1. The van der Waals surface area contributed by atoms with E-state index in [1.54, 1.807) is 24.4 Å². The SMILES string of the molecule is C#Cc1c(F)ccc2cc(O)cc(-c3cnc4c(N5CC6CCC(C5)N6)nc(OCC56CCCN5C[C@H](F)C6)nc4c3C(C)C)c12. The number of terminal acetylenes is 1. The smallest absolute Gasteiger partial charge is 0.319 e. The van der Waals surface area contributed by atoms with Crippen molar-refractivity contribution in [2.24, 2.45) is 0 Å². The van der Waals surface area contributed by atoms with Crippen LogP contribution in [0.3, 0.4) is 0 Å². The van der Waals surface area contributed by atoms with E-state index in [1.807, 2.05) is 0 Å². The predicted molar refractivity (Wildman–Crippen MR) is 175 cm³/mol. The van der Waals surface area contributed by atoms with Crippen molar-refractivity contribution >= 4 is 27.6 Å². The number of pyridine rings is 1. The number of halogens is 2. The summed E-state index contributed by atoms with van der Waals surface area (Å²) in [5.74, 6) is 2.75. The largest absolute Gasteiger partial charge is 0.508 e. The van der Waals surface area contributed by atoms with Crippen LogP contribution >= 0.6 is 0 Å². The molecule has 3 unspecified atom stereocenters. The van der Waals surface area contributed by atoms with Crippen LogP contribution < -0.4 is 15.0 Å². The lowest BCUT2D eigenvalue weighted by Crippen LogP contribution is -2.51. The molecule has 2 aromatic carbocycles. The summed E-state index contributed by atoms with van der Waals surface area (Å²) in [5, 5.41) is 15.6. The van der Waals surface area contributed by atoms with Gasteiger partial charge in [-0.2, -0.15) is 9.97 Å². The van der Waals surface area contributed by atoms with Gasteiger partial charge in [-0.15, -0.1) is 6.42 Å². The number of anilines is 1. The van der Waals surface area contributed by atoms with Gasteiger partial charge in [0.25, 0.3) is 0 Å². The number of ether oxygens (including phenoxy) is 1. The van der Waals surface area contributed by atoms with Crippen molar-refractivity contribution in [2.45, 2.75) is 75.7 Å². The Kier molecular flexibility index (Phi) is 7.03. The van der Waals surface area contributed by atoms with Crippen LogP contribution in [0.1, 0.15) is 63.0 Å². The van der Waals surface area contributed by atoms with Crippen LogP contribution in [0.25, 0.3) is 32.9 Å². The van der Waals surface area contributed by atoms with Gasteiger partial charge in [-0.3, -0.25) is 9.88 Å². The topological polar surface area (TPSA) is 86.6 Å².